The zero-order valence-electron chi connectivity index (χ0n) is 10.2. The number of alkyl halides is 3. The van der Waals surface area contributed by atoms with Gasteiger partial charge < -0.3 is 10.5 Å². The Labute approximate surface area is 112 Å². The van der Waals surface area contributed by atoms with Gasteiger partial charge in [-0.3, -0.25) is 4.99 Å². The van der Waals surface area contributed by atoms with Gasteiger partial charge >= 0.3 is 6.18 Å². The molecule has 0 aliphatic carbocycles. The smallest absolute Gasteiger partial charge is 0.425 e. The van der Waals surface area contributed by atoms with Crippen molar-refractivity contribution in [2.45, 2.75) is 19.2 Å². The maximum absolute atomic E-state index is 12.9. The highest BCUT2D eigenvalue weighted by Crippen LogP contribution is 2.32. The van der Waals surface area contributed by atoms with Crippen LogP contribution in [0, 0.1) is 5.92 Å². The van der Waals surface area contributed by atoms with Gasteiger partial charge in [0, 0.05) is 18.2 Å². The highest BCUT2D eigenvalue weighted by atomic mass is 32.2. The van der Waals surface area contributed by atoms with E-state index in [1.807, 2.05) is 0 Å². The molecule has 0 amide bonds. The molecular formula is C11H14F4N2OS. The number of aliphatic imine (C=N–C) groups is 1. The van der Waals surface area contributed by atoms with Gasteiger partial charge in [-0.25, -0.2) is 4.39 Å². The van der Waals surface area contributed by atoms with Gasteiger partial charge in [0.15, 0.2) is 11.3 Å². The molecule has 3 nitrogen and oxygen atoms in total. The number of rotatable bonds is 4. The van der Waals surface area contributed by atoms with Crippen LogP contribution in [0.2, 0.25) is 0 Å². The van der Waals surface area contributed by atoms with Crippen molar-refractivity contribution in [3.63, 3.8) is 0 Å². The van der Waals surface area contributed by atoms with Crippen molar-refractivity contribution in [1.29, 1.82) is 0 Å². The monoisotopic (exact) mass is 298 g/mol. The summed E-state index contributed by atoms with van der Waals surface area (Å²) in [6.45, 7) is 1.15. The minimum absolute atomic E-state index is 0.0329. The van der Waals surface area contributed by atoms with Crippen molar-refractivity contribution in [2.24, 2.45) is 16.6 Å². The van der Waals surface area contributed by atoms with E-state index < -0.39 is 24.0 Å². The number of amidine groups is 1. The van der Waals surface area contributed by atoms with Gasteiger partial charge in [0.05, 0.1) is 12.1 Å². The summed E-state index contributed by atoms with van der Waals surface area (Å²) in [7, 11) is 0. The van der Waals surface area contributed by atoms with Crippen molar-refractivity contribution in [1.82, 2.24) is 0 Å². The maximum atomic E-state index is 12.9. The standard InChI is InChI=1S/C11H14F4N2OS/c1-7(12)3-2-4-18-9(11(13,14)15)8-5-17-10(16)19-6-8/h2-4,8-9H,5-6H2,1H3,(H2,16,17)/b4-2-,7-3+/t8-,9+/m1/s1. The molecule has 1 rings (SSSR count). The first-order valence-corrected chi connectivity index (χ1v) is 6.43. The van der Waals surface area contributed by atoms with Crippen LogP contribution in [0.5, 0.6) is 0 Å². The predicted molar refractivity (Wildman–Crippen MR) is 67.4 cm³/mol. The van der Waals surface area contributed by atoms with E-state index in [-0.39, 0.29) is 17.5 Å². The Bertz CT molecular complexity index is 389. The van der Waals surface area contributed by atoms with E-state index in [1.165, 1.54) is 6.92 Å². The van der Waals surface area contributed by atoms with E-state index in [0.29, 0.717) is 0 Å². The van der Waals surface area contributed by atoms with Crippen LogP contribution >= 0.6 is 11.8 Å². The first-order chi connectivity index (χ1) is 8.80. The first kappa shape index (κ1) is 15.9. The van der Waals surface area contributed by atoms with Crippen molar-refractivity contribution in [2.75, 3.05) is 12.3 Å². The summed E-state index contributed by atoms with van der Waals surface area (Å²) in [5.74, 6) is -1.14. The van der Waals surface area contributed by atoms with Crippen LogP contribution in [0.4, 0.5) is 17.6 Å². The minimum atomic E-state index is -4.51. The molecule has 0 fully saturated rings. The Balaban J connectivity index is 2.68. The molecule has 8 heteroatoms. The van der Waals surface area contributed by atoms with Gasteiger partial charge in [0.2, 0.25) is 0 Å². The summed E-state index contributed by atoms with van der Waals surface area (Å²) in [5, 5.41) is 0.281. The Morgan fingerprint density at radius 3 is 2.74 bits per heavy atom. The van der Waals surface area contributed by atoms with Crippen LogP contribution < -0.4 is 5.73 Å². The summed E-state index contributed by atoms with van der Waals surface area (Å²) in [6.07, 6.45) is -3.54. The van der Waals surface area contributed by atoms with Crippen LogP contribution in [-0.4, -0.2) is 29.7 Å². The van der Waals surface area contributed by atoms with E-state index in [1.54, 1.807) is 0 Å². The normalized spacial score (nSPS) is 23.3. The van der Waals surface area contributed by atoms with Crippen LogP contribution in [0.25, 0.3) is 0 Å². The topological polar surface area (TPSA) is 47.6 Å². The van der Waals surface area contributed by atoms with Crippen LogP contribution in [0.1, 0.15) is 6.92 Å². The van der Waals surface area contributed by atoms with Gasteiger partial charge in [-0.15, -0.1) is 0 Å². The molecule has 1 aliphatic heterocycles. The molecule has 1 heterocycles. The maximum Gasteiger partial charge on any atom is 0.425 e. The molecule has 2 atom stereocenters. The van der Waals surface area contributed by atoms with Crippen LogP contribution in [-0.2, 0) is 4.74 Å². The van der Waals surface area contributed by atoms with Crippen molar-refractivity contribution in [3.8, 4) is 0 Å². The molecule has 108 valence electrons. The molecule has 1 aliphatic rings. The van der Waals surface area contributed by atoms with E-state index >= 15 is 0 Å². The fourth-order valence-electron chi connectivity index (χ4n) is 1.44. The van der Waals surface area contributed by atoms with Gasteiger partial charge in [-0.05, 0) is 19.1 Å². The first-order valence-electron chi connectivity index (χ1n) is 5.44. The lowest BCUT2D eigenvalue weighted by atomic mass is 10.0. The number of halogens is 4. The molecule has 0 saturated carbocycles. The molecule has 0 unspecified atom stereocenters. The summed E-state index contributed by atoms with van der Waals surface area (Å²) >= 11 is 1.07. The molecule has 2 N–H and O–H groups in total. The lowest BCUT2D eigenvalue weighted by molar-refractivity contribution is -0.218. The number of nitrogens with zero attached hydrogens (tertiary/aromatic N) is 1. The Morgan fingerprint density at radius 1 is 1.58 bits per heavy atom. The third kappa shape index (κ3) is 5.54. The highest BCUT2D eigenvalue weighted by Gasteiger charge is 2.46. The highest BCUT2D eigenvalue weighted by molar-refractivity contribution is 8.13. The van der Waals surface area contributed by atoms with Gasteiger partial charge in [0.25, 0.3) is 0 Å². The average Bonchev–Trinajstić information content (AvgIpc) is 2.29. The number of hydrogen-bond acceptors (Lipinski definition) is 4. The van der Waals surface area contributed by atoms with Crippen molar-refractivity contribution < 1.29 is 22.3 Å². The van der Waals surface area contributed by atoms with Gasteiger partial charge in [-0.1, -0.05) is 11.8 Å². The number of nitrogens with two attached hydrogens (primary N) is 1. The van der Waals surface area contributed by atoms with E-state index in [0.717, 1.165) is 30.2 Å². The molecule has 0 aromatic carbocycles. The van der Waals surface area contributed by atoms with Crippen molar-refractivity contribution in [3.05, 3.63) is 24.2 Å². The zero-order chi connectivity index (χ0) is 14.5. The van der Waals surface area contributed by atoms with E-state index in [9.17, 15) is 17.6 Å². The van der Waals surface area contributed by atoms with Gasteiger partial charge in [0.1, 0.15) is 0 Å². The number of hydrogen-bond donors (Lipinski definition) is 1. The lowest BCUT2D eigenvalue weighted by Crippen LogP contribution is -2.42. The van der Waals surface area contributed by atoms with E-state index in [2.05, 4.69) is 4.99 Å². The molecule has 0 bridgehead atoms. The summed E-state index contributed by atoms with van der Waals surface area (Å²) in [6, 6.07) is 0. The summed E-state index contributed by atoms with van der Waals surface area (Å²) < 4.78 is 55.6. The number of allylic oxidation sites excluding steroid dienone is 3. The Kier molecular flexibility index (Phi) is 5.71. The fraction of sp³-hybridized carbons (Fsp3) is 0.545. The Morgan fingerprint density at radius 2 is 2.26 bits per heavy atom. The van der Waals surface area contributed by atoms with Crippen molar-refractivity contribution >= 4 is 16.9 Å². The minimum Gasteiger partial charge on any atom is -0.488 e. The SMILES string of the molecule is C/C(F)=C\C=C/O[C@@H]([C@@H]1CN=C(N)SC1)C(F)(F)F. The second-order valence-corrected chi connectivity index (χ2v) is 4.97. The second kappa shape index (κ2) is 6.83. The predicted octanol–water partition coefficient (Wildman–Crippen LogP) is 3.00. The lowest BCUT2D eigenvalue weighted by Gasteiger charge is -2.28. The van der Waals surface area contributed by atoms with Gasteiger partial charge in [-0.2, -0.15) is 13.2 Å². The number of ether oxygens (including phenoxy) is 1. The molecule has 0 saturated heterocycles. The fourth-order valence-corrected chi connectivity index (χ4v) is 2.27. The summed E-state index contributed by atoms with van der Waals surface area (Å²) in [5.41, 5.74) is 5.39. The quantitative estimate of drug-likeness (QED) is 0.493. The second-order valence-electron chi connectivity index (χ2n) is 3.93. The molecule has 0 radical (unpaired) electrons. The van der Waals surface area contributed by atoms with E-state index in [4.69, 9.17) is 10.5 Å². The zero-order valence-corrected chi connectivity index (χ0v) is 11.0. The molecule has 0 spiro atoms. The summed E-state index contributed by atoms with van der Waals surface area (Å²) in [4.78, 5) is 3.78. The molecular weight excluding hydrogens is 284 g/mol. The largest absolute Gasteiger partial charge is 0.488 e. The molecule has 19 heavy (non-hydrogen) atoms. The number of thioether (sulfide) groups is 1. The van der Waals surface area contributed by atoms with Crippen LogP contribution in [0.15, 0.2) is 29.2 Å². The van der Waals surface area contributed by atoms with Crippen LogP contribution in [0.3, 0.4) is 0 Å². The molecule has 0 aromatic heterocycles. The molecule has 0 aromatic rings. The average molecular weight is 298 g/mol. The third-order valence-electron chi connectivity index (χ3n) is 2.31. The Hall–Kier alpha value is -1.18. The third-order valence-corrected chi connectivity index (χ3v) is 3.33.